The first-order valence-corrected chi connectivity index (χ1v) is 13.1. The highest BCUT2D eigenvalue weighted by Crippen LogP contribution is 2.20. The van der Waals surface area contributed by atoms with Gasteiger partial charge in [-0.2, -0.15) is 0 Å². The number of nitrogens with one attached hydrogen (secondary N) is 3. The topological polar surface area (TPSA) is 147 Å². The van der Waals surface area contributed by atoms with Gasteiger partial charge in [0.25, 0.3) is 0 Å². The lowest BCUT2D eigenvalue weighted by atomic mass is 10.0. The smallest absolute Gasteiger partial charge is 0.408 e. The van der Waals surface area contributed by atoms with E-state index in [0.29, 0.717) is 0 Å². The maximum atomic E-state index is 13.4. The number of amides is 2. The number of rotatable bonds is 13. The Hall–Kier alpha value is -5.12. The lowest BCUT2D eigenvalue weighted by Crippen LogP contribution is -2.52. The van der Waals surface area contributed by atoms with Crippen LogP contribution in [0.3, 0.4) is 0 Å². The first-order chi connectivity index (χ1) is 19.9. The number of benzene rings is 3. The second-order valence-electron chi connectivity index (χ2n) is 9.41. The highest BCUT2D eigenvalue weighted by Gasteiger charge is 2.29. The van der Waals surface area contributed by atoms with Crippen LogP contribution in [0.5, 0.6) is 0 Å². The molecule has 0 bridgehead atoms. The largest absolute Gasteiger partial charge is 0.481 e. The van der Waals surface area contributed by atoms with Crippen molar-refractivity contribution in [2.75, 3.05) is 0 Å². The zero-order chi connectivity index (χ0) is 29.0. The second-order valence-corrected chi connectivity index (χ2v) is 9.41. The Morgan fingerprint density at radius 2 is 1.37 bits per heavy atom. The van der Waals surface area contributed by atoms with E-state index < -0.39 is 36.0 Å². The van der Waals surface area contributed by atoms with Crippen molar-refractivity contribution in [2.24, 2.45) is 0 Å². The van der Waals surface area contributed by atoms with Crippen LogP contribution in [0, 0.1) is 0 Å². The number of carbonyl (C=O) groups excluding carboxylic acids is 3. The number of aromatic nitrogens is 1. The Morgan fingerprint density at radius 1 is 0.756 bits per heavy atom. The summed E-state index contributed by atoms with van der Waals surface area (Å²) in [6, 6.07) is 23.3. The monoisotopic (exact) mass is 557 g/mol. The molecule has 3 aromatic carbocycles. The van der Waals surface area contributed by atoms with Crippen molar-refractivity contribution in [3.05, 3.63) is 108 Å². The third-order valence-corrected chi connectivity index (χ3v) is 6.39. The first kappa shape index (κ1) is 28.9. The number of carbonyl (C=O) groups is 4. The number of esters is 1. The highest BCUT2D eigenvalue weighted by molar-refractivity contribution is 5.91. The van der Waals surface area contributed by atoms with Crippen molar-refractivity contribution in [1.82, 2.24) is 15.6 Å². The van der Waals surface area contributed by atoms with Gasteiger partial charge in [-0.3, -0.25) is 9.59 Å². The Morgan fingerprint density at radius 3 is 2.02 bits per heavy atom. The molecule has 4 rings (SSSR count). The lowest BCUT2D eigenvalue weighted by molar-refractivity contribution is -0.149. The van der Waals surface area contributed by atoms with Gasteiger partial charge in [0.05, 0.1) is 0 Å². The van der Waals surface area contributed by atoms with E-state index in [-0.39, 0.29) is 32.5 Å². The third-order valence-electron chi connectivity index (χ3n) is 6.39. The summed E-state index contributed by atoms with van der Waals surface area (Å²) in [4.78, 5) is 53.5. The molecular weight excluding hydrogens is 526 g/mol. The van der Waals surface area contributed by atoms with E-state index in [1.165, 1.54) is 0 Å². The standard InChI is InChI=1S/C31H31N3O7/c35-28(36)16-15-26(34-31(39)41-20-22-11-5-2-6-12-22)29(37)33-27(30(38)40-19-21-9-3-1-4-10-21)17-23-18-32-25-14-8-7-13-24(23)25/h1-14,18,26-27,32H,15-17,19-20H2,(H,33,37)(H,34,39)(H,35,36)/t26-,27-/m1/s1. The van der Waals surface area contributed by atoms with E-state index in [1.807, 2.05) is 60.7 Å². The lowest BCUT2D eigenvalue weighted by Gasteiger charge is -2.22. The van der Waals surface area contributed by atoms with Crippen LogP contribution >= 0.6 is 0 Å². The van der Waals surface area contributed by atoms with Crippen molar-refractivity contribution in [3.8, 4) is 0 Å². The van der Waals surface area contributed by atoms with Gasteiger partial charge in [0, 0.05) is 29.9 Å². The minimum atomic E-state index is -1.26. The molecule has 0 aliphatic heterocycles. The maximum absolute atomic E-state index is 13.4. The number of ether oxygens (including phenoxy) is 2. The molecule has 1 heterocycles. The fourth-order valence-electron chi connectivity index (χ4n) is 4.26. The quantitative estimate of drug-likeness (QED) is 0.181. The number of alkyl carbamates (subject to hydrolysis) is 1. The van der Waals surface area contributed by atoms with Crippen molar-refractivity contribution >= 4 is 34.8 Å². The van der Waals surface area contributed by atoms with Crippen molar-refractivity contribution in [2.45, 2.75) is 44.6 Å². The van der Waals surface area contributed by atoms with Crippen LogP contribution in [0.2, 0.25) is 0 Å². The molecule has 2 amide bonds. The summed E-state index contributed by atoms with van der Waals surface area (Å²) in [6.45, 7) is -0.0264. The van der Waals surface area contributed by atoms with Gasteiger partial charge in [-0.1, -0.05) is 78.9 Å². The Bertz CT molecular complexity index is 1470. The molecule has 0 radical (unpaired) electrons. The van der Waals surface area contributed by atoms with Crippen LogP contribution in [0.1, 0.15) is 29.5 Å². The van der Waals surface area contributed by atoms with Gasteiger partial charge >= 0.3 is 18.0 Å². The van der Waals surface area contributed by atoms with Gasteiger partial charge in [-0.25, -0.2) is 9.59 Å². The number of para-hydroxylation sites is 1. The zero-order valence-corrected chi connectivity index (χ0v) is 22.2. The number of hydrogen-bond acceptors (Lipinski definition) is 6. The van der Waals surface area contributed by atoms with Gasteiger partial charge in [-0.05, 0) is 29.2 Å². The molecular formula is C31H31N3O7. The molecule has 0 spiro atoms. The van der Waals surface area contributed by atoms with Crippen LogP contribution in [0.15, 0.2) is 91.1 Å². The van der Waals surface area contributed by atoms with E-state index in [1.54, 1.807) is 30.5 Å². The summed E-state index contributed by atoms with van der Waals surface area (Å²) in [5.41, 5.74) is 3.17. The average Bonchev–Trinajstić information content (AvgIpc) is 3.40. The molecule has 0 fully saturated rings. The van der Waals surface area contributed by atoms with E-state index in [9.17, 15) is 24.3 Å². The minimum Gasteiger partial charge on any atom is -0.481 e. The van der Waals surface area contributed by atoms with Crippen molar-refractivity contribution < 1.29 is 33.8 Å². The summed E-state index contributed by atoms with van der Waals surface area (Å²) < 4.78 is 10.7. The predicted octanol–water partition coefficient (Wildman–Crippen LogP) is 4.10. The van der Waals surface area contributed by atoms with Gasteiger partial charge in [0.15, 0.2) is 0 Å². The molecule has 0 aliphatic carbocycles. The van der Waals surface area contributed by atoms with Gasteiger partial charge in [-0.15, -0.1) is 0 Å². The number of aromatic amines is 1. The Balaban J connectivity index is 1.48. The highest BCUT2D eigenvalue weighted by atomic mass is 16.5. The number of fused-ring (bicyclic) bond motifs is 1. The van der Waals surface area contributed by atoms with Gasteiger partial charge in [0.1, 0.15) is 25.3 Å². The average molecular weight is 558 g/mol. The number of aliphatic carboxylic acids is 1. The summed E-state index contributed by atoms with van der Waals surface area (Å²) in [5.74, 6) is -2.54. The van der Waals surface area contributed by atoms with E-state index in [4.69, 9.17) is 9.47 Å². The number of carboxylic acids is 1. The molecule has 2 atom stereocenters. The minimum absolute atomic E-state index is 0.00638. The molecule has 4 N–H and O–H groups in total. The van der Waals surface area contributed by atoms with Gasteiger partial charge < -0.3 is 30.2 Å². The van der Waals surface area contributed by atoms with Crippen LogP contribution in [-0.2, 0) is 43.5 Å². The molecule has 1 aromatic heterocycles. The van der Waals surface area contributed by atoms with Gasteiger partial charge in [0.2, 0.25) is 5.91 Å². The third kappa shape index (κ3) is 8.69. The van der Waals surface area contributed by atoms with Crippen LogP contribution < -0.4 is 10.6 Å². The summed E-state index contributed by atoms with van der Waals surface area (Å²) in [7, 11) is 0. The maximum Gasteiger partial charge on any atom is 0.408 e. The van der Waals surface area contributed by atoms with Crippen LogP contribution in [-0.4, -0.2) is 46.1 Å². The number of H-pyrrole nitrogens is 1. The predicted molar refractivity (Wildman–Crippen MR) is 151 cm³/mol. The van der Waals surface area contributed by atoms with Crippen LogP contribution in [0.4, 0.5) is 4.79 Å². The molecule has 0 saturated heterocycles. The second kappa shape index (κ2) is 14.3. The fourth-order valence-corrected chi connectivity index (χ4v) is 4.26. The molecule has 41 heavy (non-hydrogen) atoms. The fraction of sp³-hybridized carbons (Fsp3) is 0.226. The van der Waals surface area contributed by atoms with E-state index in [0.717, 1.165) is 27.6 Å². The van der Waals surface area contributed by atoms with Crippen LogP contribution in [0.25, 0.3) is 10.9 Å². The summed E-state index contributed by atoms with van der Waals surface area (Å²) in [6.07, 6.45) is 0.380. The molecule has 10 nitrogen and oxygen atoms in total. The molecule has 10 heteroatoms. The normalized spacial score (nSPS) is 12.2. The number of carboxylic acid groups (broad SMARTS) is 1. The zero-order valence-electron chi connectivity index (χ0n) is 22.2. The van der Waals surface area contributed by atoms with E-state index in [2.05, 4.69) is 15.6 Å². The molecule has 212 valence electrons. The Labute approximate surface area is 236 Å². The first-order valence-electron chi connectivity index (χ1n) is 13.1. The molecule has 0 saturated carbocycles. The summed E-state index contributed by atoms with van der Waals surface area (Å²) >= 11 is 0. The molecule has 4 aromatic rings. The molecule has 0 aliphatic rings. The summed E-state index contributed by atoms with van der Waals surface area (Å²) in [5, 5.41) is 15.2. The SMILES string of the molecule is O=C(O)CC[C@@H](NC(=O)OCc1ccccc1)C(=O)N[C@H](Cc1c[nH]c2ccccc12)C(=O)OCc1ccccc1. The van der Waals surface area contributed by atoms with Crippen molar-refractivity contribution in [1.29, 1.82) is 0 Å². The van der Waals surface area contributed by atoms with E-state index >= 15 is 0 Å². The molecule has 0 unspecified atom stereocenters. The Kier molecular flexibility index (Phi) is 10.1. The van der Waals surface area contributed by atoms with Crippen molar-refractivity contribution in [3.63, 3.8) is 0 Å². The number of hydrogen-bond donors (Lipinski definition) is 4.